The van der Waals surface area contributed by atoms with Crippen LogP contribution in [0.1, 0.15) is 19.6 Å². The number of imide groups is 1. The van der Waals surface area contributed by atoms with Gasteiger partial charge in [-0.1, -0.05) is 29.3 Å². The van der Waals surface area contributed by atoms with E-state index < -0.39 is 23.7 Å². The lowest BCUT2D eigenvalue weighted by molar-refractivity contribution is -0.149. The minimum atomic E-state index is -0.644. The Morgan fingerprint density at radius 3 is 2.71 bits per heavy atom. The lowest BCUT2D eigenvalue weighted by atomic mass is 10.2. The lowest BCUT2D eigenvalue weighted by Crippen LogP contribution is -2.35. The van der Waals surface area contributed by atoms with Crippen LogP contribution < -0.4 is 0 Å². The van der Waals surface area contributed by atoms with E-state index in [1.807, 2.05) is 0 Å². The minimum absolute atomic E-state index is 0.153. The highest BCUT2D eigenvalue weighted by Crippen LogP contribution is 2.36. The topological polar surface area (TPSA) is 76.8 Å². The van der Waals surface area contributed by atoms with Gasteiger partial charge >= 0.3 is 5.97 Å². The first-order valence-corrected chi connectivity index (χ1v) is 9.82. The molecule has 1 aliphatic rings. The van der Waals surface area contributed by atoms with Crippen molar-refractivity contribution >= 4 is 58.2 Å². The molecule has 1 aromatic heterocycles. The van der Waals surface area contributed by atoms with Gasteiger partial charge in [-0.2, -0.15) is 0 Å². The summed E-state index contributed by atoms with van der Waals surface area (Å²) in [5.41, 5.74) is 0.610. The SMILES string of the molecule is CC(C)OC(=O)CN1C(=O)S/C(=C\c2ccc(-c3cccc(Cl)c3Cl)o2)C1=O. The Balaban J connectivity index is 1.78. The summed E-state index contributed by atoms with van der Waals surface area (Å²) in [7, 11) is 0. The molecule has 9 heteroatoms. The van der Waals surface area contributed by atoms with Crippen molar-refractivity contribution in [1.82, 2.24) is 4.90 Å². The molecule has 1 aliphatic heterocycles. The molecule has 146 valence electrons. The molecule has 1 fully saturated rings. The summed E-state index contributed by atoms with van der Waals surface area (Å²) in [4.78, 5) is 37.3. The number of rotatable bonds is 5. The molecule has 0 radical (unpaired) electrons. The Bertz CT molecular complexity index is 982. The molecule has 0 unspecified atom stereocenters. The first kappa shape index (κ1) is 20.5. The number of nitrogens with zero attached hydrogens (tertiary/aromatic N) is 1. The van der Waals surface area contributed by atoms with Crippen LogP contribution in [0.15, 0.2) is 39.7 Å². The molecule has 2 aromatic rings. The Hall–Kier alpha value is -2.22. The van der Waals surface area contributed by atoms with Crippen molar-refractivity contribution in [2.75, 3.05) is 6.54 Å². The van der Waals surface area contributed by atoms with E-state index in [1.165, 1.54) is 6.08 Å². The summed E-state index contributed by atoms with van der Waals surface area (Å²) in [5.74, 6) is -0.385. The van der Waals surface area contributed by atoms with E-state index in [2.05, 4.69) is 0 Å². The van der Waals surface area contributed by atoms with Crippen LogP contribution >= 0.6 is 35.0 Å². The number of benzene rings is 1. The summed E-state index contributed by atoms with van der Waals surface area (Å²) in [6.45, 7) is 2.94. The fourth-order valence-electron chi connectivity index (χ4n) is 2.46. The van der Waals surface area contributed by atoms with Crippen LogP contribution in [0.5, 0.6) is 0 Å². The van der Waals surface area contributed by atoms with Gasteiger partial charge in [0.05, 0.1) is 21.1 Å². The van der Waals surface area contributed by atoms with Gasteiger partial charge in [0.15, 0.2) is 0 Å². The third-order valence-electron chi connectivity index (χ3n) is 3.65. The van der Waals surface area contributed by atoms with Crippen molar-refractivity contribution in [2.24, 2.45) is 0 Å². The molecule has 0 N–H and O–H groups in total. The second kappa shape index (κ2) is 8.43. The molecule has 2 amide bonds. The minimum Gasteiger partial charge on any atom is -0.462 e. The van der Waals surface area contributed by atoms with Crippen molar-refractivity contribution in [1.29, 1.82) is 0 Å². The van der Waals surface area contributed by atoms with Crippen molar-refractivity contribution in [3.63, 3.8) is 0 Å². The highest BCUT2D eigenvalue weighted by atomic mass is 35.5. The highest BCUT2D eigenvalue weighted by molar-refractivity contribution is 8.18. The molecule has 6 nitrogen and oxygen atoms in total. The first-order valence-electron chi connectivity index (χ1n) is 8.25. The second-order valence-electron chi connectivity index (χ2n) is 6.11. The van der Waals surface area contributed by atoms with E-state index in [0.29, 0.717) is 27.1 Å². The normalized spacial score (nSPS) is 15.8. The molecule has 0 saturated carbocycles. The Morgan fingerprint density at radius 2 is 2.00 bits per heavy atom. The zero-order valence-corrected chi connectivity index (χ0v) is 17.2. The number of carbonyl (C=O) groups excluding carboxylic acids is 3. The lowest BCUT2D eigenvalue weighted by Gasteiger charge is -2.13. The maximum atomic E-state index is 12.4. The third-order valence-corrected chi connectivity index (χ3v) is 5.37. The molecule has 3 rings (SSSR count). The van der Waals surface area contributed by atoms with Gasteiger partial charge in [-0.3, -0.25) is 19.3 Å². The number of halogens is 2. The van der Waals surface area contributed by atoms with Gasteiger partial charge in [0, 0.05) is 11.6 Å². The van der Waals surface area contributed by atoms with Crippen LogP contribution in [-0.4, -0.2) is 34.7 Å². The molecule has 0 bridgehead atoms. The number of hydrogen-bond acceptors (Lipinski definition) is 6. The molecule has 0 aliphatic carbocycles. The van der Waals surface area contributed by atoms with Gasteiger partial charge in [0.2, 0.25) is 0 Å². The van der Waals surface area contributed by atoms with E-state index in [9.17, 15) is 14.4 Å². The number of amides is 2. The first-order chi connectivity index (χ1) is 13.3. The van der Waals surface area contributed by atoms with Gasteiger partial charge in [-0.15, -0.1) is 0 Å². The zero-order valence-electron chi connectivity index (χ0n) is 14.9. The standard InChI is InChI=1S/C19H15Cl2NO5S/c1-10(2)26-16(23)9-22-18(24)15(28-19(22)25)8-11-6-7-14(27-11)12-4-3-5-13(20)17(12)21/h3-8,10H,9H2,1-2H3/b15-8-. The Kier molecular flexibility index (Phi) is 6.17. The molecule has 0 atom stereocenters. The van der Waals surface area contributed by atoms with Crippen molar-refractivity contribution < 1.29 is 23.5 Å². The van der Waals surface area contributed by atoms with Crippen molar-refractivity contribution in [3.05, 3.63) is 51.0 Å². The Morgan fingerprint density at radius 1 is 1.25 bits per heavy atom. The van der Waals surface area contributed by atoms with E-state index in [4.69, 9.17) is 32.4 Å². The van der Waals surface area contributed by atoms with Crippen LogP contribution in [0.2, 0.25) is 10.0 Å². The van der Waals surface area contributed by atoms with Gasteiger partial charge in [-0.25, -0.2) is 0 Å². The number of thioether (sulfide) groups is 1. The van der Waals surface area contributed by atoms with E-state index in [-0.39, 0.29) is 11.0 Å². The summed E-state index contributed by atoms with van der Waals surface area (Å²) >= 11 is 12.9. The molecule has 1 saturated heterocycles. The average molecular weight is 440 g/mol. The number of furan rings is 1. The summed E-state index contributed by atoms with van der Waals surface area (Å²) < 4.78 is 10.7. The number of hydrogen-bond donors (Lipinski definition) is 0. The predicted molar refractivity (Wildman–Crippen MR) is 108 cm³/mol. The van der Waals surface area contributed by atoms with Crippen molar-refractivity contribution in [2.45, 2.75) is 20.0 Å². The monoisotopic (exact) mass is 439 g/mol. The van der Waals surface area contributed by atoms with Crippen molar-refractivity contribution in [3.8, 4) is 11.3 Å². The van der Waals surface area contributed by atoms with E-state index >= 15 is 0 Å². The van der Waals surface area contributed by atoms with Crippen LogP contribution in [0.25, 0.3) is 17.4 Å². The fourth-order valence-corrected chi connectivity index (χ4v) is 3.68. The Labute approximate surface area is 175 Å². The molecule has 2 heterocycles. The van der Waals surface area contributed by atoms with Crippen LogP contribution in [-0.2, 0) is 14.3 Å². The maximum absolute atomic E-state index is 12.4. The van der Waals surface area contributed by atoms with E-state index in [1.54, 1.807) is 44.2 Å². The van der Waals surface area contributed by atoms with Crippen LogP contribution in [0.4, 0.5) is 4.79 Å². The van der Waals surface area contributed by atoms with Gasteiger partial charge in [0.1, 0.15) is 18.1 Å². The summed E-state index contributed by atoms with van der Waals surface area (Å²) in [6.07, 6.45) is 1.11. The second-order valence-corrected chi connectivity index (χ2v) is 7.89. The number of carbonyl (C=O) groups is 3. The van der Waals surface area contributed by atoms with Crippen LogP contribution in [0, 0.1) is 0 Å². The number of esters is 1. The molecule has 28 heavy (non-hydrogen) atoms. The zero-order chi connectivity index (χ0) is 20.4. The molecule has 0 spiro atoms. The largest absolute Gasteiger partial charge is 0.462 e. The smallest absolute Gasteiger partial charge is 0.326 e. The van der Waals surface area contributed by atoms with Gasteiger partial charge < -0.3 is 9.15 Å². The maximum Gasteiger partial charge on any atom is 0.326 e. The van der Waals surface area contributed by atoms with Gasteiger partial charge in [0.25, 0.3) is 11.1 Å². The highest BCUT2D eigenvalue weighted by Gasteiger charge is 2.37. The molecular weight excluding hydrogens is 425 g/mol. The number of ether oxygens (including phenoxy) is 1. The summed E-state index contributed by atoms with van der Waals surface area (Å²) in [5, 5.41) is 0.210. The third kappa shape index (κ3) is 4.43. The molecular formula is C19H15Cl2NO5S. The quantitative estimate of drug-likeness (QED) is 0.468. The fraction of sp³-hybridized carbons (Fsp3) is 0.211. The summed E-state index contributed by atoms with van der Waals surface area (Å²) in [6, 6.07) is 8.50. The predicted octanol–water partition coefficient (Wildman–Crippen LogP) is 5.24. The van der Waals surface area contributed by atoms with E-state index in [0.717, 1.165) is 16.7 Å². The van der Waals surface area contributed by atoms with Crippen LogP contribution in [0.3, 0.4) is 0 Å². The molecule has 1 aromatic carbocycles. The average Bonchev–Trinajstić information content (AvgIpc) is 3.17. The van der Waals surface area contributed by atoms with Gasteiger partial charge in [-0.05, 0) is 49.9 Å².